The van der Waals surface area contributed by atoms with Crippen LogP contribution >= 0.6 is 0 Å². The average Bonchev–Trinajstić information content (AvgIpc) is 2.61. The lowest BCUT2D eigenvalue weighted by Crippen LogP contribution is -2.25. The molecular formula is C22H33NO2. The van der Waals surface area contributed by atoms with Crippen molar-refractivity contribution in [3.05, 3.63) is 29.8 Å². The molecule has 0 aliphatic rings. The lowest BCUT2D eigenvalue weighted by Gasteiger charge is -2.06. The van der Waals surface area contributed by atoms with E-state index in [2.05, 4.69) is 11.2 Å². The number of carbonyl (C=O) groups excluding carboxylic acids is 1. The van der Waals surface area contributed by atoms with Crippen LogP contribution in [0.25, 0.3) is 0 Å². The van der Waals surface area contributed by atoms with Gasteiger partial charge >= 0.3 is 0 Å². The van der Waals surface area contributed by atoms with Gasteiger partial charge in [0.25, 0.3) is 0 Å². The molecule has 3 heteroatoms. The zero-order chi connectivity index (χ0) is 18.2. The number of aromatic hydroxyl groups is 1. The first-order chi connectivity index (χ1) is 12.2. The maximum absolute atomic E-state index is 11.8. The van der Waals surface area contributed by atoms with E-state index < -0.39 is 0 Å². The van der Waals surface area contributed by atoms with Gasteiger partial charge in [0.2, 0.25) is 5.91 Å². The number of terminal acetylenes is 1. The van der Waals surface area contributed by atoms with E-state index in [-0.39, 0.29) is 11.7 Å². The molecule has 0 fully saturated rings. The molecule has 0 bridgehead atoms. The zero-order valence-corrected chi connectivity index (χ0v) is 15.4. The molecule has 2 N–H and O–H groups in total. The molecule has 0 atom stereocenters. The molecule has 25 heavy (non-hydrogen) atoms. The second-order valence-electron chi connectivity index (χ2n) is 6.65. The Morgan fingerprint density at radius 1 is 0.920 bits per heavy atom. The highest BCUT2D eigenvalue weighted by Gasteiger charge is 2.01. The van der Waals surface area contributed by atoms with Crippen molar-refractivity contribution in [3.63, 3.8) is 0 Å². The molecule has 1 aromatic carbocycles. The highest BCUT2D eigenvalue weighted by atomic mass is 16.3. The zero-order valence-electron chi connectivity index (χ0n) is 15.4. The monoisotopic (exact) mass is 343 g/mol. The van der Waals surface area contributed by atoms with E-state index >= 15 is 0 Å². The standard InChI is InChI=1S/C22H33NO2/c1-2-3-4-5-6-7-8-9-10-11-12-13-22(25)23-19-18-20-14-16-21(24)17-15-20/h1,14-17,24H,3-13,18-19H2,(H,23,25). The van der Waals surface area contributed by atoms with Gasteiger partial charge in [0.05, 0.1) is 0 Å². The van der Waals surface area contributed by atoms with Crippen molar-refractivity contribution < 1.29 is 9.90 Å². The molecule has 0 unspecified atom stereocenters. The predicted molar refractivity (Wildman–Crippen MR) is 104 cm³/mol. The summed E-state index contributed by atoms with van der Waals surface area (Å²) in [5.74, 6) is 3.10. The summed E-state index contributed by atoms with van der Waals surface area (Å²) < 4.78 is 0. The number of carbonyl (C=O) groups is 1. The number of phenolic OH excluding ortho intramolecular Hbond substituents is 1. The Bertz CT molecular complexity index is 502. The van der Waals surface area contributed by atoms with E-state index in [0.717, 1.165) is 31.2 Å². The van der Waals surface area contributed by atoms with E-state index in [4.69, 9.17) is 6.42 Å². The van der Waals surface area contributed by atoms with Gasteiger partial charge in [-0.2, -0.15) is 0 Å². The van der Waals surface area contributed by atoms with Crippen LogP contribution in [0.2, 0.25) is 0 Å². The number of hydrogen-bond acceptors (Lipinski definition) is 2. The van der Waals surface area contributed by atoms with Gasteiger partial charge in [0.1, 0.15) is 5.75 Å². The molecule has 0 radical (unpaired) electrons. The third-order valence-electron chi connectivity index (χ3n) is 4.40. The Kier molecular flexibility index (Phi) is 12.1. The first-order valence-corrected chi connectivity index (χ1v) is 9.70. The van der Waals surface area contributed by atoms with Gasteiger partial charge in [-0.1, -0.05) is 57.1 Å². The van der Waals surface area contributed by atoms with Crippen LogP contribution in [0, 0.1) is 12.3 Å². The van der Waals surface area contributed by atoms with Crippen LogP contribution in [-0.2, 0) is 11.2 Å². The highest BCUT2D eigenvalue weighted by Crippen LogP contribution is 2.11. The minimum absolute atomic E-state index is 0.146. The SMILES string of the molecule is C#CCCCCCCCCCCCC(=O)NCCc1ccc(O)cc1. The Balaban J connectivity index is 1.87. The fourth-order valence-corrected chi connectivity index (χ4v) is 2.85. The molecule has 0 aliphatic heterocycles. The molecule has 0 spiro atoms. The number of hydrogen-bond donors (Lipinski definition) is 2. The molecule has 0 saturated heterocycles. The fraction of sp³-hybridized carbons (Fsp3) is 0.591. The van der Waals surface area contributed by atoms with Crippen molar-refractivity contribution in [3.8, 4) is 18.1 Å². The Morgan fingerprint density at radius 3 is 2.08 bits per heavy atom. The average molecular weight is 344 g/mol. The molecule has 3 nitrogen and oxygen atoms in total. The van der Waals surface area contributed by atoms with Crippen LogP contribution in [0.3, 0.4) is 0 Å². The number of phenols is 1. The lowest BCUT2D eigenvalue weighted by atomic mass is 10.1. The van der Waals surface area contributed by atoms with Crippen LogP contribution in [0.5, 0.6) is 5.75 Å². The fourth-order valence-electron chi connectivity index (χ4n) is 2.85. The normalized spacial score (nSPS) is 10.4. The molecule has 1 aromatic rings. The van der Waals surface area contributed by atoms with Gasteiger partial charge < -0.3 is 10.4 Å². The summed E-state index contributed by atoms with van der Waals surface area (Å²) in [6.07, 6.45) is 18.5. The van der Waals surface area contributed by atoms with Gasteiger partial charge in [-0.3, -0.25) is 4.79 Å². The smallest absolute Gasteiger partial charge is 0.220 e. The predicted octanol–water partition coefficient (Wildman–Crippen LogP) is 4.98. The summed E-state index contributed by atoms with van der Waals surface area (Å²) >= 11 is 0. The Hall–Kier alpha value is -1.95. The largest absolute Gasteiger partial charge is 0.508 e. The number of amides is 1. The van der Waals surface area contributed by atoms with Crippen LogP contribution in [0.1, 0.15) is 76.2 Å². The molecule has 138 valence electrons. The summed E-state index contributed by atoms with van der Waals surface area (Å²) in [5.41, 5.74) is 1.12. The Morgan fingerprint density at radius 2 is 1.48 bits per heavy atom. The maximum Gasteiger partial charge on any atom is 0.220 e. The van der Waals surface area contributed by atoms with Gasteiger partial charge in [0, 0.05) is 19.4 Å². The Labute approximate surface area is 153 Å². The molecule has 0 aliphatic carbocycles. The molecule has 0 aromatic heterocycles. The summed E-state index contributed by atoms with van der Waals surface area (Å²) in [7, 11) is 0. The van der Waals surface area contributed by atoms with E-state index in [0.29, 0.717) is 13.0 Å². The summed E-state index contributed by atoms with van der Waals surface area (Å²) in [6.45, 7) is 0.656. The van der Waals surface area contributed by atoms with Crippen molar-refractivity contribution in [2.45, 2.75) is 77.0 Å². The van der Waals surface area contributed by atoms with Gasteiger partial charge in [0.15, 0.2) is 0 Å². The second kappa shape index (κ2) is 14.4. The van der Waals surface area contributed by atoms with Crippen molar-refractivity contribution in [1.29, 1.82) is 0 Å². The number of benzene rings is 1. The van der Waals surface area contributed by atoms with Crippen LogP contribution in [0.15, 0.2) is 24.3 Å². The number of rotatable bonds is 14. The minimum atomic E-state index is 0.146. The molecular weight excluding hydrogens is 310 g/mol. The molecule has 1 rings (SSSR count). The molecule has 0 heterocycles. The van der Waals surface area contributed by atoms with E-state index in [1.807, 2.05) is 12.1 Å². The topological polar surface area (TPSA) is 49.3 Å². The molecule has 0 saturated carbocycles. The summed E-state index contributed by atoms with van der Waals surface area (Å²) in [5, 5.41) is 12.2. The van der Waals surface area contributed by atoms with E-state index in [9.17, 15) is 9.90 Å². The first kappa shape index (κ1) is 21.1. The van der Waals surface area contributed by atoms with Gasteiger partial charge in [-0.25, -0.2) is 0 Å². The maximum atomic E-state index is 11.8. The van der Waals surface area contributed by atoms with Crippen molar-refractivity contribution >= 4 is 5.91 Å². The second-order valence-corrected chi connectivity index (χ2v) is 6.65. The van der Waals surface area contributed by atoms with Gasteiger partial charge in [-0.05, 0) is 37.0 Å². The number of unbranched alkanes of at least 4 members (excludes halogenated alkanes) is 9. The van der Waals surface area contributed by atoms with E-state index in [1.54, 1.807) is 12.1 Å². The van der Waals surface area contributed by atoms with Crippen molar-refractivity contribution in [2.75, 3.05) is 6.54 Å². The van der Waals surface area contributed by atoms with Crippen LogP contribution in [-0.4, -0.2) is 17.6 Å². The van der Waals surface area contributed by atoms with Crippen LogP contribution < -0.4 is 5.32 Å². The third kappa shape index (κ3) is 12.1. The lowest BCUT2D eigenvalue weighted by molar-refractivity contribution is -0.121. The third-order valence-corrected chi connectivity index (χ3v) is 4.40. The minimum Gasteiger partial charge on any atom is -0.508 e. The van der Waals surface area contributed by atoms with Gasteiger partial charge in [-0.15, -0.1) is 12.3 Å². The summed E-state index contributed by atoms with van der Waals surface area (Å²) in [4.78, 5) is 11.8. The highest BCUT2D eigenvalue weighted by molar-refractivity contribution is 5.75. The number of nitrogens with one attached hydrogen (secondary N) is 1. The summed E-state index contributed by atoms with van der Waals surface area (Å²) in [6, 6.07) is 7.12. The van der Waals surface area contributed by atoms with Crippen LogP contribution in [0.4, 0.5) is 0 Å². The van der Waals surface area contributed by atoms with Crippen molar-refractivity contribution in [1.82, 2.24) is 5.32 Å². The first-order valence-electron chi connectivity index (χ1n) is 9.70. The van der Waals surface area contributed by atoms with E-state index in [1.165, 1.54) is 44.9 Å². The molecule has 1 amide bonds. The quantitative estimate of drug-likeness (QED) is 0.370. The van der Waals surface area contributed by atoms with Crippen molar-refractivity contribution in [2.24, 2.45) is 0 Å².